The fourth-order valence-corrected chi connectivity index (χ4v) is 2.27. The van der Waals surface area contributed by atoms with Gasteiger partial charge in [0.15, 0.2) is 0 Å². The van der Waals surface area contributed by atoms with E-state index in [4.69, 9.17) is 0 Å². The Kier molecular flexibility index (Phi) is 3.46. The number of nitrogens with zero attached hydrogens (tertiary/aromatic N) is 3. The number of aromatic amines is 1. The van der Waals surface area contributed by atoms with Gasteiger partial charge in [0.05, 0.1) is 10.3 Å². The third kappa shape index (κ3) is 2.60. The number of benzene rings is 1. The van der Waals surface area contributed by atoms with E-state index < -0.39 is 4.92 Å². The molecular weight excluding hydrogens is 282 g/mol. The van der Waals surface area contributed by atoms with Gasteiger partial charge in [-0.2, -0.15) is 0 Å². The number of nitro benzene ring substituents is 1. The standard InChI is InChI=1S/C15H15N5O2/c1-9(2)18-14-12-7-13(19-15(12)17-8-16-14)10-4-3-5-11(6-10)20(21)22/h3-9H,1-2H3,(H2,16,17,18,19). The number of non-ortho nitro benzene ring substituents is 1. The average molecular weight is 297 g/mol. The Hall–Kier alpha value is -2.96. The van der Waals surface area contributed by atoms with Gasteiger partial charge in [-0.15, -0.1) is 0 Å². The second-order valence-corrected chi connectivity index (χ2v) is 5.27. The number of anilines is 1. The predicted molar refractivity (Wildman–Crippen MR) is 84.7 cm³/mol. The van der Waals surface area contributed by atoms with Crippen LogP contribution in [0.3, 0.4) is 0 Å². The molecule has 0 atom stereocenters. The maximum Gasteiger partial charge on any atom is 0.270 e. The van der Waals surface area contributed by atoms with Gasteiger partial charge in [-0.05, 0) is 19.9 Å². The van der Waals surface area contributed by atoms with Crippen LogP contribution in [0.15, 0.2) is 36.7 Å². The summed E-state index contributed by atoms with van der Waals surface area (Å²) in [6.07, 6.45) is 1.49. The van der Waals surface area contributed by atoms with Crippen LogP contribution < -0.4 is 5.32 Å². The molecule has 0 amide bonds. The number of hydrogen-bond acceptors (Lipinski definition) is 5. The van der Waals surface area contributed by atoms with Crippen molar-refractivity contribution in [1.82, 2.24) is 15.0 Å². The lowest BCUT2D eigenvalue weighted by Gasteiger charge is -2.08. The van der Waals surface area contributed by atoms with Crippen LogP contribution in [0.25, 0.3) is 22.3 Å². The number of fused-ring (bicyclic) bond motifs is 1. The van der Waals surface area contributed by atoms with Crippen LogP contribution in [-0.2, 0) is 0 Å². The highest BCUT2D eigenvalue weighted by Crippen LogP contribution is 2.28. The van der Waals surface area contributed by atoms with Gasteiger partial charge < -0.3 is 10.3 Å². The number of H-pyrrole nitrogens is 1. The fourth-order valence-electron chi connectivity index (χ4n) is 2.27. The second-order valence-electron chi connectivity index (χ2n) is 5.27. The molecule has 3 aromatic rings. The fraction of sp³-hybridized carbons (Fsp3) is 0.200. The molecule has 0 bridgehead atoms. The smallest absolute Gasteiger partial charge is 0.270 e. The minimum atomic E-state index is -0.405. The zero-order valence-electron chi connectivity index (χ0n) is 12.2. The molecule has 2 heterocycles. The van der Waals surface area contributed by atoms with Gasteiger partial charge >= 0.3 is 0 Å². The summed E-state index contributed by atoms with van der Waals surface area (Å²) in [4.78, 5) is 22.1. The van der Waals surface area contributed by atoms with Crippen LogP contribution in [0.5, 0.6) is 0 Å². The van der Waals surface area contributed by atoms with Crippen LogP contribution in [0, 0.1) is 10.1 Å². The van der Waals surface area contributed by atoms with Gasteiger partial charge in [0.2, 0.25) is 0 Å². The molecule has 0 saturated heterocycles. The van der Waals surface area contributed by atoms with Crippen LogP contribution in [0.4, 0.5) is 11.5 Å². The van der Waals surface area contributed by atoms with Gasteiger partial charge in [0.1, 0.15) is 17.8 Å². The van der Waals surface area contributed by atoms with Crippen molar-refractivity contribution in [3.05, 3.63) is 46.8 Å². The van der Waals surface area contributed by atoms with E-state index in [1.54, 1.807) is 6.07 Å². The largest absolute Gasteiger partial charge is 0.367 e. The summed E-state index contributed by atoms with van der Waals surface area (Å²) in [5.41, 5.74) is 2.26. The molecule has 3 rings (SSSR count). The molecule has 112 valence electrons. The summed E-state index contributed by atoms with van der Waals surface area (Å²) in [6.45, 7) is 4.06. The van der Waals surface area contributed by atoms with Gasteiger partial charge in [0.25, 0.3) is 5.69 Å². The number of rotatable bonds is 4. The van der Waals surface area contributed by atoms with Crippen molar-refractivity contribution in [2.45, 2.75) is 19.9 Å². The van der Waals surface area contributed by atoms with E-state index in [2.05, 4.69) is 20.3 Å². The van der Waals surface area contributed by atoms with Crippen LogP contribution >= 0.6 is 0 Å². The summed E-state index contributed by atoms with van der Waals surface area (Å²) >= 11 is 0. The second kappa shape index (κ2) is 5.44. The molecule has 7 heteroatoms. The summed E-state index contributed by atoms with van der Waals surface area (Å²) < 4.78 is 0. The third-order valence-corrected chi connectivity index (χ3v) is 3.22. The first-order chi connectivity index (χ1) is 10.5. The third-order valence-electron chi connectivity index (χ3n) is 3.22. The molecule has 7 nitrogen and oxygen atoms in total. The minimum Gasteiger partial charge on any atom is -0.367 e. The van der Waals surface area contributed by atoms with Gasteiger partial charge in [-0.25, -0.2) is 9.97 Å². The molecule has 0 fully saturated rings. The first-order valence-electron chi connectivity index (χ1n) is 6.89. The number of aromatic nitrogens is 3. The zero-order valence-corrected chi connectivity index (χ0v) is 12.2. The molecule has 0 aliphatic heterocycles. The molecule has 0 aliphatic rings. The maximum absolute atomic E-state index is 10.9. The molecule has 0 aliphatic carbocycles. The van der Waals surface area contributed by atoms with Crippen molar-refractivity contribution < 1.29 is 4.92 Å². The number of nitrogens with one attached hydrogen (secondary N) is 2. The molecule has 2 aromatic heterocycles. The van der Waals surface area contributed by atoms with Gasteiger partial charge in [-0.1, -0.05) is 12.1 Å². The summed E-state index contributed by atoms with van der Waals surface area (Å²) in [7, 11) is 0. The Morgan fingerprint density at radius 1 is 1.27 bits per heavy atom. The van der Waals surface area contributed by atoms with E-state index in [9.17, 15) is 10.1 Å². The Labute approximate surface area is 126 Å². The molecule has 1 aromatic carbocycles. The molecular formula is C15H15N5O2. The molecule has 2 N–H and O–H groups in total. The molecule has 0 radical (unpaired) electrons. The van der Waals surface area contributed by atoms with E-state index in [0.717, 1.165) is 22.5 Å². The van der Waals surface area contributed by atoms with Crippen LogP contribution in [0.1, 0.15) is 13.8 Å². The topological polar surface area (TPSA) is 96.7 Å². The van der Waals surface area contributed by atoms with E-state index >= 15 is 0 Å². The molecule has 0 saturated carbocycles. The van der Waals surface area contributed by atoms with E-state index in [1.165, 1.54) is 18.5 Å². The van der Waals surface area contributed by atoms with Crippen LogP contribution in [-0.4, -0.2) is 25.9 Å². The molecule has 0 unspecified atom stereocenters. The van der Waals surface area contributed by atoms with Gasteiger partial charge in [0, 0.05) is 29.4 Å². The lowest BCUT2D eigenvalue weighted by molar-refractivity contribution is -0.384. The Balaban J connectivity index is 2.09. The highest BCUT2D eigenvalue weighted by atomic mass is 16.6. The van der Waals surface area contributed by atoms with Crippen molar-refractivity contribution in [3.63, 3.8) is 0 Å². The lowest BCUT2D eigenvalue weighted by atomic mass is 10.1. The zero-order chi connectivity index (χ0) is 15.7. The van der Waals surface area contributed by atoms with Gasteiger partial charge in [-0.3, -0.25) is 10.1 Å². The minimum absolute atomic E-state index is 0.0581. The maximum atomic E-state index is 10.9. The highest BCUT2D eigenvalue weighted by molar-refractivity contribution is 5.91. The lowest BCUT2D eigenvalue weighted by Crippen LogP contribution is -2.11. The predicted octanol–water partition coefficient (Wildman–Crippen LogP) is 3.35. The number of nitro groups is 1. The van der Waals surface area contributed by atoms with Crippen molar-refractivity contribution in [1.29, 1.82) is 0 Å². The van der Waals surface area contributed by atoms with Crippen molar-refractivity contribution in [2.75, 3.05) is 5.32 Å². The Morgan fingerprint density at radius 3 is 2.82 bits per heavy atom. The summed E-state index contributed by atoms with van der Waals surface area (Å²) in [6, 6.07) is 8.64. The summed E-state index contributed by atoms with van der Waals surface area (Å²) in [5, 5.41) is 15.0. The highest BCUT2D eigenvalue weighted by Gasteiger charge is 2.12. The normalized spacial score (nSPS) is 11.0. The van der Waals surface area contributed by atoms with E-state index in [-0.39, 0.29) is 11.7 Å². The average Bonchev–Trinajstić information content (AvgIpc) is 2.92. The molecule has 22 heavy (non-hydrogen) atoms. The number of hydrogen-bond donors (Lipinski definition) is 2. The van der Waals surface area contributed by atoms with Crippen LogP contribution in [0.2, 0.25) is 0 Å². The quantitative estimate of drug-likeness (QED) is 0.568. The van der Waals surface area contributed by atoms with E-state index in [1.807, 2.05) is 26.0 Å². The first-order valence-corrected chi connectivity index (χ1v) is 6.89. The monoisotopic (exact) mass is 297 g/mol. The molecule has 0 spiro atoms. The van der Waals surface area contributed by atoms with Crippen molar-refractivity contribution in [3.8, 4) is 11.3 Å². The first kappa shape index (κ1) is 14.0. The van der Waals surface area contributed by atoms with Crippen molar-refractivity contribution >= 4 is 22.5 Å². The Morgan fingerprint density at radius 2 is 2.09 bits per heavy atom. The van der Waals surface area contributed by atoms with E-state index in [0.29, 0.717) is 5.65 Å². The summed E-state index contributed by atoms with van der Waals surface area (Å²) in [5.74, 6) is 0.743. The Bertz CT molecular complexity index is 841. The SMILES string of the molecule is CC(C)Nc1ncnc2[nH]c(-c3cccc([N+](=O)[O-])c3)cc12. The van der Waals surface area contributed by atoms with Crippen molar-refractivity contribution in [2.24, 2.45) is 0 Å².